The van der Waals surface area contributed by atoms with Crippen molar-refractivity contribution in [3.63, 3.8) is 0 Å². The molecule has 6 aliphatic rings. The topological polar surface area (TPSA) is 125 Å². The van der Waals surface area contributed by atoms with E-state index in [0.717, 1.165) is 29.5 Å². The highest BCUT2D eigenvalue weighted by atomic mass is 16.9. The Bertz CT molecular complexity index is 1130. The van der Waals surface area contributed by atoms with Gasteiger partial charge in [0.15, 0.2) is 6.10 Å². The molecule has 36 heavy (non-hydrogen) atoms. The van der Waals surface area contributed by atoms with E-state index in [1.807, 2.05) is 6.92 Å². The van der Waals surface area contributed by atoms with E-state index in [-0.39, 0.29) is 36.9 Å². The van der Waals surface area contributed by atoms with Crippen molar-refractivity contribution in [1.82, 2.24) is 0 Å². The molecule has 3 saturated heterocycles. The lowest BCUT2D eigenvalue weighted by Crippen LogP contribution is -2.69. The molecule has 0 radical (unpaired) electrons. The van der Waals surface area contributed by atoms with Crippen LogP contribution in [0.2, 0.25) is 0 Å². The molecule has 4 heterocycles. The van der Waals surface area contributed by atoms with E-state index in [1.54, 1.807) is 14.2 Å². The molecule has 2 aliphatic carbocycles. The highest BCUT2D eigenvalue weighted by Crippen LogP contribution is 2.71. The van der Waals surface area contributed by atoms with Crippen molar-refractivity contribution in [2.45, 2.75) is 73.9 Å². The molecule has 10 atom stereocenters. The summed E-state index contributed by atoms with van der Waals surface area (Å²) in [7, 11) is 4.72. The normalized spacial score (nSPS) is 46.2. The number of aryl methyl sites for hydroxylation is 1. The minimum absolute atomic E-state index is 0.00175. The highest BCUT2D eigenvalue weighted by molar-refractivity contribution is 5.84. The van der Waals surface area contributed by atoms with Gasteiger partial charge in [0.1, 0.15) is 23.7 Å². The second-order valence-electron chi connectivity index (χ2n) is 10.9. The summed E-state index contributed by atoms with van der Waals surface area (Å²) in [5.41, 5.74) is 1.87. The van der Waals surface area contributed by atoms with Gasteiger partial charge >= 0.3 is 0 Å². The molecule has 2 N–H and O–H groups in total. The Kier molecular flexibility index (Phi) is 4.88. The van der Waals surface area contributed by atoms with E-state index in [0.29, 0.717) is 17.7 Å². The molecule has 1 spiro atoms. The van der Waals surface area contributed by atoms with Gasteiger partial charge in [-0.2, -0.15) is 0 Å². The predicted molar refractivity (Wildman–Crippen MR) is 120 cm³/mol. The molecule has 7 rings (SSSR count). The molecule has 196 valence electrons. The first-order chi connectivity index (χ1) is 17.3. The molecule has 1 aromatic carbocycles. The molecule has 1 aromatic rings. The standard InChI is InChI=1S/C26H32O10/c1-11-8-13-18(20(32-4)17-12(19(13)31-3)6-5-7-14(17)28)21-16(11)22-23-25(29,34-21)24(10-33-24)26(35-22,36-23)15(9-27)30-2/h8,12,15,17,19-20,22-23,27,29H,5-7,9-10H2,1-4H3. The Balaban J connectivity index is 1.44. The molecule has 1 saturated carbocycles. The quantitative estimate of drug-likeness (QED) is 0.568. The number of aliphatic hydroxyl groups is 2. The number of fused-ring (bicyclic) bond motifs is 8. The second kappa shape index (κ2) is 7.48. The largest absolute Gasteiger partial charge is 0.455 e. The fraction of sp³-hybridized carbons (Fsp3) is 0.731. The Morgan fingerprint density at radius 2 is 1.92 bits per heavy atom. The van der Waals surface area contributed by atoms with Crippen LogP contribution in [0.15, 0.2) is 6.07 Å². The fourth-order valence-corrected chi connectivity index (χ4v) is 7.87. The lowest BCUT2D eigenvalue weighted by atomic mass is 9.64. The van der Waals surface area contributed by atoms with Crippen LogP contribution >= 0.6 is 0 Å². The van der Waals surface area contributed by atoms with Crippen LogP contribution < -0.4 is 4.74 Å². The van der Waals surface area contributed by atoms with Crippen LogP contribution in [-0.2, 0) is 33.2 Å². The number of ether oxygens (including phenoxy) is 7. The molecule has 2 bridgehead atoms. The second-order valence-corrected chi connectivity index (χ2v) is 10.9. The number of hydrogen-bond donors (Lipinski definition) is 2. The van der Waals surface area contributed by atoms with Crippen molar-refractivity contribution in [2.24, 2.45) is 11.8 Å². The average molecular weight is 505 g/mol. The monoisotopic (exact) mass is 504 g/mol. The first kappa shape index (κ1) is 23.5. The Hall–Kier alpha value is -1.63. The van der Waals surface area contributed by atoms with Gasteiger partial charge in [0, 0.05) is 44.8 Å². The van der Waals surface area contributed by atoms with E-state index in [2.05, 4.69) is 6.07 Å². The maximum atomic E-state index is 13.2. The Labute approximate surface area is 208 Å². The molecule has 0 aromatic heterocycles. The third-order valence-electron chi connectivity index (χ3n) is 9.46. The fourth-order valence-electron chi connectivity index (χ4n) is 7.87. The summed E-state index contributed by atoms with van der Waals surface area (Å²) in [6.07, 6.45) is -1.13. The Morgan fingerprint density at radius 3 is 2.56 bits per heavy atom. The van der Waals surface area contributed by atoms with Gasteiger partial charge < -0.3 is 43.4 Å². The number of ketones is 1. The summed E-state index contributed by atoms with van der Waals surface area (Å²) in [5.74, 6) is -3.19. The van der Waals surface area contributed by atoms with E-state index < -0.39 is 41.6 Å². The van der Waals surface area contributed by atoms with Gasteiger partial charge in [0.2, 0.25) is 11.4 Å². The first-order valence-electron chi connectivity index (χ1n) is 12.6. The van der Waals surface area contributed by atoms with Crippen molar-refractivity contribution in [3.05, 3.63) is 28.3 Å². The van der Waals surface area contributed by atoms with Crippen LogP contribution in [0, 0.1) is 18.8 Å². The minimum atomic E-state index is -1.88. The number of hydrogen-bond acceptors (Lipinski definition) is 10. The van der Waals surface area contributed by atoms with Crippen molar-refractivity contribution in [3.8, 4) is 5.75 Å². The summed E-state index contributed by atoms with van der Waals surface area (Å²) < 4.78 is 42.7. The number of methoxy groups -OCH3 is 3. The zero-order valence-electron chi connectivity index (χ0n) is 20.8. The number of benzene rings is 1. The van der Waals surface area contributed by atoms with Gasteiger partial charge in [0.25, 0.3) is 5.79 Å². The van der Waals surface area contributed by atoms with Crippen LogP contribution in [0.1, 0.15) is 59.8 Å². The van der Waals surface area contributed by atoms with Crippen LogP contribution in [0.25, 0.3) is 0 Å². The summed E-state index contributed by atoms with van der Waals surface area (Å²) in [6, 6.07) is 2.06. The van der Waals surface area contributed by atoms with E-state index in [1.165, 1.54) is 7.11 Å². The van der Waals surface area contributed by atoms with E-state index in [9.17, 15) is 15.0 Å². The smallest absolute Gasteiger partial charge is 0.274 e. The Morgan fingerprint density at radius 1 is 1.17 bits per heavy atom. The number of carbonyl (C=O) groups excluding carboxylic acids is 1. The van der Waals surface area contributed by atoms with E-state index in [4.69, 9.17) is 33.2 Å². The maximum absolute atomic E-state index is 13.2. The van der Waals surface area contributed by atoms with Crippen LogP contribution in [0.5, 0.6) is 5.75 Å². The minimum Gasteiger partial charge on any atom is -0.455 e. The van der Waals surface area contributed by atoms with Crippen molar-refractivity contribution >= 4 is 5.78 Å². The molecular formula is C26H32O10. The van der Waals surface area contributed by atoms with Gasteiger partial charge in [-0.15, -0.1) is 0 Å². The number of carbonyl (C=O) groups is 1. The SMILES string of the molecule is COC1c2cc(C)c3c(c2C(OC)C2C(=O)CCCC12)OC1(O)C2OC(C(CO)OC)(OC32)C12CO2. The molecule has 0 amide bonds. The molecular weight excluding hydrogens is 472 g/mol. The van der Waals surface area contributed by atoms with Gasteiger partial charge in [-0.3, -0.25) is 4.79 Å². The molecule has 10 heteroatoms. The lowest BCUT2D eigenvalue weighted by molar-refractivity contribution is -0.307. The third kappa shape index (κ3) is 2.44. The van der Waals surface area contributed by atoms with Crippen molar-refractivity contribution < 1.29 is 48.2 Å². The maximum Gasteiger partial charge on any atom is 0.274 e. The van der Waals surface area contributed by atoms with Gasteiger partial charge in [-0.05, 0) is 30.9 Å². The molecule has 10 unspecified atom stereocenters. The summed E-state index contributed by atoms with van der Waals surface area (Å²) in [5, 5.41) is 22.1. The number of aliphatic hydroxyl groups excluding tert-OH is 1. The molecule has 10 nitrogen and oxygen atoms in total. The van der Waals surface area contributed by atoms with Crippen molar-refractivity contribution in [2.75, 3.05) is 34.5 Å². The van der Waals surface area contributed by atoms with Gasteiger partial charge in [0.05, 0.1) is 31.3 Å². The number of Topliss-reactive ketones (excluding diaryl/α,β-unsaturated/α-hetero) is 1. The average Bonchev–Trinajstić information content (AvgIpc) is 3.54. The lowest BCUT2D eigenvalue weighted by Gasteiger charge is -2.50. The van der Waals surface area contributed by atoms with E-state index >= 15 is 0 Å². The van der Waals surface area contributed by atoms with Crippen molar-refractivity contribution in [1.29, 1.82) is 0 Å². The van der Waals surface area contributed by atoms with Crippen LogP contribution in [0.4, 0.5) is 0 Å². The van der Waals surface area contributed by atoms with Gasteiger partial charge in [-0.1, -0.05) is 6.07 Å². The third-order valence-corrected chi connectivity index (χ3v) is 9.46. The summed E-state index contributed by atoms with van der Waals surface area (Å²) in [4.78, 5) is 13.2. The summed E-state index contributed by atoms with van der Waals surface area (Å²) >= 11 is 0. The number of rotatable bonds is 5. The van der Waals surface area contributed by atoms with Crippen LogP contribution in [0.3, 0.4) is 0 Å². The molecule has 4 aliphatic heterocycles. The summed E-state index contributed by atoms with van der Waals surface area (Å²) in [6.45, 7) is 1.69. The number of epoxide rings is 1. The first-order valence-corrected chi connectivity index (χ1v) is 12.6. The zero-order chi connectivity index (χ0) is 25.2. The highest BCUT2D eigenvalue weighted by Gasteiger charge is 2.92. The molecule has 4 fully saturated rings. The predicted octanol–water partition coefficient (Wildman–Crippen LogP) is 1.39. The van der Waals surface area contributed by atoms with Gasteiger partial charge in [-0.25, -0.2) is 0 Å². The zero-order valence-corrected chi connectivity index (χ0v) is 20.8. The van der Waals surface area contributed by atoms with Crippen LogP contribution in [-0.4, -0.2) is 79.9 Å².